The van der Waals surface area contributed by atoms with Crippen LogP contribution in [0.5, 0.6) is 0 Å². The second-order valence-electron chi connectivity index (χ2n) is 6.44. The standard InChI is InChI=1S/C16H21N5O4S/c1-2-13-14(19-26(24,25)12-6-4-3-5-7-12)8-9-15(21(22)23)16(13)20-10-17-18-11-20/h3-7,10-11,13-16,19H,2,8-9H2,1H3/t13?,14-,15?,16+/m0/s1. The molecular formula is C16H21N5O4S. The lowest BCUT2D eigenvalue weighted by Gasteiger charge is -2.39. The molecule has 4 atom stereocenters. The Morgan fingerprint density at radius 2 is 1.88 bits per heavy atom. The Hall–Kier alpha value is -2.33. The summed E-state index contributed by atoms with van der Waals surface area (Å²) in [5.41, 5.74) is 0. The molecule has 0 spiro atoms. The fraction of sp³-hybridized carbons (Fsp3) is 0.500. The molecule has 2 aromatic rings. The average Bonchev–Trinajstić information content (AvgIpc) is 3.16. The third-order valence-corrected chi connectivity index (χ3v) is 6.51. The van der Waals surface area contributed by atoms with Crippen molar-refractivity contribution in [2.75, 3.05) is 0 Å². The van der Waals surface area contributed by atoms with Crippen molar-refractivity contribution in [3.05, 3.63) is 53.1 Å². The first-order valence-electron chi connectivity index (χ1n) is 8.49. The Balaban J connectivity index is 1.90. The first kappa shape index (κ1) is 18.5. The van der Waals surface area contributed by atoms with Crippen molar-refractivity contribution in [1.82, 2.24) is 19.5 Å². The summed E-state index contributed by atoms with van der Waals surface area (Å²) in [7, 11) is -3.69. The maximum atomic E-state index is 12.7. The molecule has 140 valence electrons. The van der Waals surface area contributed by atoms with Gasteiger partial charge in [0.15, 0.2) is 0 Å². The van der Waals surface area contributed by atoms with Crippen LogP contribution in [-0.4, -0.2) is 40.2 Å². The molecule has 1 N–H and O–H groups in total. The molecule has 0 bridgehead atoms. The number of nitrogens with one attached hydrogen (secondary N) is 1. The lowest BCUT2D eigenvalue weighted by molar-refractivity contribution is -0.536. The van der Waals surface area contributed by atoms with Crippen LogP contribution in [0.2, 0.25) is 0 Å². The van der Waals surface area contributed by atoms with E-state index in [0.717, 1.165) is 0 Å². The predicted molar refractivity (Wildman–Crippen MR) is 93.4 cm³/mol. The van der Waals surface area contributed by atoms with Crippen molar-refractivity contribution in [2.24, 2.45) is 5.92 Å². The maximum Gasteiger partial charge on any atom is 0.240 e. The number of rotatable bonds is 6. The minimum Gasteiger partial charge on any atom is -0.310 e. The van der Waals surface area contributed by atoms with Gasteiger partial charge in [-0.1, -0.05) is 25.1 Å². The monoisotopic (exact) mass is 379 g/mol. The molecule has 0 aliphatic heterocycles. The van der Waals surface area contributed by atoms with Gasteiger partial charge in [-0.25, -0.2) is 13.1 Å². The summed E-state index contributed by atoms with van der Waals surface area (Å²) in [5.74, 6) is -0.242. The first-order valence-corrected chi connectivity index (χ1v) is 9.97. The van der Waals surface area contributed by atoms with Crippen LogP contribution in [0.4, 0.5) is 0 Å². The van der Waals surface area contributed by atoms with E-state index in [1.165, 1.54) is 24.8 Å². The van der Waals surface area contributed by atoms with Crippen LogP contribution >= 0.6 is 0 Å². The molecule has 3 rings (SSSR count). The topological polar surface area (TPSA) is 120 Å². The van der Waals surface area contributed by atoms with Crippen molar-refractivity contribution < 1.29 is 13.3 Å². The molecule has 1 aromatic carbocycles. The van der Waals surface area contributed by atoms with Crippen molar-refractivity contribution >= 4 is 10.0 Å². The minimum absolute atomic E-state index is 0.187. The molecule has 0 radical (unpaired) electrons. The van der Waals surface area contributed by atoms with E-state index in [4.69, 9.17) is 0 Å². The first-order chi connectivity index (χ1) is 12.4. The Morgan fingerprint density at radius 1 is 1.23 bits per heavy atom. The van der Waals surface area contributed by atoms with Gasteiger partial charge in [-0.15, -0.1) is 10.2 Å². The maximum absolute atomic E-state index is 12.7. The number of nitro groups is 1. The van der Waals surface area contributed by atoms with Gasteiger partial charge in [-0.2, -0.15) is 0 Å². The molecule has 2 unspecified atom stereocenters. The highest BCUT2D eigenvalue weighted by Crippen LogP contribution is 2.38. The van der Waals surface area contributed by atoms with E-state index < -0.39 is 28.1 Å². The highest BCUT2D eigenvalue weighted by Gasteiger charge is 2.46. The van der Waals surface area contributed by atoms with Gasteiger partial charge in [0.05, 0.1) is 4.90 Å². The zero-order chi connectivity index (χ0) is 18.7. The lowest BCUT2D eigenvalue weighted by atomic mass is 9.76. The summed E-state index contributed by atoms with van der Waals surface area (Å²) in [4.78, 5) is 11.5. The molecule has 1 aromatic heterocycles. The molecule has 0 amide bonds. The van der Waals surface area contributed by atoms with Gasteiger partial charge < -0.3 is 4.57 Å². The van der Waals surface area contributed by atoms with Gasteiger partial charge in [0.1, 0.15) is 18.7 Å². The fourth-order valence-corrected chi connectivity index (χ4v) is 5.15. The summed E-state index contributed by atoms with van der Waals surface area (Å²) in [6.07, 6.45) is 4.20. The van der Waals surface area contributed by atoms with Crippen molar-refractivity contribution in [2.45, 2.75) is 49.2 Å². The second-order valence-corrected chi connectivity index (χ2v) is 8.16. The quantitative estimate of drug-likeness (QED) is 0.602. The molecule has 10 heteroatoms. The Labute approximate surface area is 151 Å². The van der Waals surface area contributed by atoms with E-state index in [1.807, 2.05) is 6.92 Å². The van der Waals surface area contributed by atoms with Crippen LogP contribution in [-0.2, 0) is 10.0 Å². The smallest absolute Gasteiger partial charge is 0.240 e. The van der Waals surface area contributed by atoms with Crippen LogP contribution in [0.15, 0.2) is 47.9 Å². The van der Waals surface area contributed by atoms with Gasteiger partial charge in [-0.3, -0.25) is 10.1 Å². The van der Waals surface area contributed by atoms with Crippen LogP contribution in [0.25, 0.3) is 0 Å². The Kier molecular flexibility index (Phi) is 5.33. The van der Waals surface area contributed by atoms with Crippen molar-refractivity contribution in [3.63, 3.8) is 0 Å². The summed E-state index contributed by atoms with van der Waals surface area (Å²) < 4.78 is 29.8. The zero-order valence-corrected chi connectivity index (χ0v) is 15.1. The van der Waals surface area contributed by atoms with Gasteiger partial charge in [0.2, 0.25) is 16.1 Å². The predicted octanol–water partition coefficient (Wildman–Crippen LogP) is 1.63. The lowest BCUT2D eigenvalue weighted by Crippen LogP contribution is -2.51. The normalized spacial score (nSPS) is 26.5. The van der Waals surface area contributed by atoms with Gasteiger partial charge in [-0.05, 0) is 25.0 Å². The van der Waals surface area contributed by atoms with Crippen LogP contribution in [0, 0.1) is 16.0 Å². The van der Waals surface area contributed by atoms with E-state index in [-0.39, 0.29) is 22.2 Å². The number of benzene rings is 1. The molecule has 1 fully saturated rings. The van der Waals surface area contributed by atoms with E-state index in [9.17, 15) is 18.5 Å². The van der Waals surface area contributed by atoms with E-state index in [0.29, 0.717) is 12.8 Å². The summed E-state index contributed by atoms with van der Waals surface area (Å²) in [5, 5.41) is 19.1. The van der Waals surface area contributed by atoms with Crippen LogP contribution < -0.4 is 4.72 Å². The van der Waals surface area contributed by atoms with Crippen molar-refractivity contribution in [3.8, 4) is 0 Å². The van der Waals surface area contributed by atoms with Gasteiger partial charge in [0, 0.05) is 23.3 Å². The third kappa shape index (κ3) is 3.61. The molecule has 1 aliphatic carbocycles. The Morgan fingerprint density at radius 3 is 2.46 bits per heavy atom. The van der Waals surface area contributed by atoms with E-state index in [2.05, 4.69) is 14.9 Å². The van der Waals surface area contributed by atoms with E-state index in [1.54, 1.807) is 22.8 Å². The van der Waals surface area contributed by atoms with Crippen LogP contribution in [0.3, 0.4) is 0 Å². The zero-order valence-electron chi connectivity index (χ0n) is 14.3. The van der Waals surface area contributed by atoms with Crippen molar-refractivity contribution in [1.29, 1.82) is 0 Å². The molecule has 1 saturated carbocycles. The summed E-state index contributed by atoms with van der Waals surface area (Å²) >= 11 is 0. The number of sulfonamides is 1. The SMILES string of the molecule is CCC1[C@@H](n2cnnc2)C([N+](=O)[O-])CC[C@@H]1NS(=O)(=O)c1ccccc1. The third-order valence-electron chi connectivity index (χ3n) is 5.01. The highest BCUT2D eigenvalue weighted by atomic mass is 32.2. The highest BCUT2D eigenvalue weighted by molar-refractivity contribution is 7.89. The number of aromatic nitrogens is 3. The average molecular weight is 379 g/mol. The molecular weight excluding hydrogens is 358 g/mol. The number of nitrogens with zero attached hydrogens (tertiary/aromatic N) is 4. The Bertz CT molecular complexity index is 841. The van der Waals surface area contributed by atoms with Gasteiger partial charge >= 0.3 is 0 Å². The molecule has 0 saturated heterocycles. The number of hydrogen-bond acceptors (Lipinski definition) is 6. The number of hydrogen-bond donors (Lipinski definition) is 1. The summed E-state index contributed by atoms with van der Waals surface area (Å²) in [6.45, 7) is 1.91. The summed E-state index contributed by atoms with van der Waals surface area (Å²) in [6, 6.07) is 6.44. The second kappa shape index (κ2) is 7.50. The molecule has 26 heavy (non-hydrogen) atoms. The van der Waals surface area contributed by atoms with Crippen LogP contribution in [0.1, 0.15) is 32.2 Å². The fourth-order valence-electron chi connectivity index (χ4n) is 3.81. The van der Waals surface area contributed by atoms with Gasteiger partial charge in [0.25, 0.3) is 0 Å². The molecule has 9 nitrogen and oxygen atoms in total. The van der Waals surface area contributed by atoms with E-state index >= 15 is 0 Å². The molecule has 1 aliphatic rings. The minimum atomic E-state index is -3.69. The largest absolute Gasteiger partial charge is 0.310 e. The molecule has 1 heterocycles.